The molecule has 0 aromatic heterocycles. The smallest absolute Gasteiger partial charge is 0.306 e. The lowest BCUT2D eigenvalue weighted by atomic mass is 9.90. The van der Waals surface area contributed by atoms with Gasteiger partial charge in [0.25, 0.3) is 0 Å². The number of aliphatic carboxylic acids is 1. The van der Waals surface area contributed by atoms with Gasteiger partial charge in [0, 0.05) is 12.7 Å². The van der Waals surface area contributed by atoms with Gasteiger partial charge in [-0.2, -0.15) is 0 Å². The molecule has 1 aliphatic carbocycles. The molecule has 1 amide bonds. The lowest BCUT2D eigenvalue weighted by Gasteiger charge is -2.24. The van der Waals surface area contributed by atoms with Gasteiger partial charge < -0.3 is 21.1 Å². The third kappa shape index (κ3) is 8.26. The van der Waals surface area contributed by atoms with Crippen LogP contribution in [-0.4, -0.2) is 43.2 Å². The number of halogens is 1. The minimum Gasteiger partial charge on any atom is -0.481 e. The first-order valence-corrected chi connectivity index (χ1v) is 11.8. The van der Waals surface area contributed by atoms with Crippen LogP contribution in [0, 0.1) is 11.7 Å². The zero-order chi connectivity index (χ0) is 23.3. The molecule has 178 valence electrons. The minimum absolute atomic E-state index is 0.0289. The van der Waals surface area contributed by atoms with Crippen LogP contribution in [0.25, 0.3) is 0 Å². The minimum atomic E-state index is -0.602. The largest absolute Gasteiger partial charge is 0.481 e. The highest BCUT2D eigenvalue weighted by molar-refractivity contribution is 5.84. The highest BCUT2D eigenvalue weighted by Gasteiger charge is 2.21. The third-order valence-corrected chi connectivity index (χ3v) is 6.30. The van der Waals surface area contributed by atoms with Crippen LogP contribution in [0.2, 0.25) is 0 Å². The molecule has 1 saturated heterocycles. The molecule has 2 fully saturated rings. The van der Waals surface area contributed by atoms with Crippen molar-refractivity contribution >= 4 is 17.6 Å². The standard InChI is InChI=1S/C18H26FN3O.C7H12O2/c1-3-4-5-17(18(23)20-2)22-14-6-7-15(16(19)12-14)13-8-10-21-11-9-13;8-7(9)6-4-2-1-3-5-6/h3,6-7,12-13,17,21-22H,1,4-5,8-11H2,2H3,(H,20,23);6H,1-5H2,(H,8,9). The van der Waals surface area contributed by atoms with Gasteiger partial charge in [-0.25, -0.2) is 4.39 Å². The fourth-order valence-electron chi connectivity index (χ4n) is 4.36. The van der Waals surface area contributed by atoms with Crippen LogP contribution in [0.3, 0.4) is 0 Å². The molecule has 1 atom stereocenters. The molecular formula is C25H38FN3O3. The molecule has 7 heteroatoms. The van der Waals surface area contributed by atoms with Crippen molar-refractivity contribution in [3.05, 3.63) is 42.2 Å². The Hall–Kier alpha value is -2.41. The maximum atomic E-state index is 14.4. The van der Waals surface area contributed by atoms with Crippen LogP contribution in [0.5, 0.6) is 0 Å². The van der Waals surface area contributed by atoms with Crippen LogP contribution in [0.15, 0.2) is 30.9 Å². The summed E-state index contributed by atoms with van der Waals surface area (Å²) in [4.78, 5) is 22.3. The SMILES string of the molecule is C=CCCC(Nc1ccc(C2CCNCC2)c(F)c1)C(=O)NC.O=C(O)C1CCCCC1. The molecule has 1 aromatic carbocycles. The number of allylic oxidation sites excluding steroid dienone is 1. The van der Waals surface area contributed by atoms with Gasteiger partial charge >= 0.3 is 5.97 Å². The fourth-order valence-corrected chi connectivity index (χ4v) is 4.36. The molecule has 1 aliphatic heterocycles. The van der Waals surface area contributed by atoms with E-state index in [1.807, 2.05) is 12.1 Å². The number of nitrogens with one attached hydrogen (secondary N) is 3. The number of carboxylic acids is 1. The molecule has 1 saturated carbocycles. The van der Waals surface area contributed by atoms with Gasteiger partial charge in [-0.15, -0.1) is 6.58 Å². The van der Waals surface area contributed by atoms with E-state index in [1.165, 1.54) is 12.5 Å². The summed E-state index contributed by atoms with van der Waals surface area (Å²) in [6, 6.07) is 4.83. The Bertz CT molecular complexity index is 744. The Balaban J connectivity index is 0.000000336. The molecule has 6 nitrogen and oxygen atoms in total. The summed E-state index contributed by atoms with van der Waals surface area (Å²) in [5.41, 5.74) is 1.41. The number of amides is 1. The Kier molecular flexibility index (Phi) is 11.2. The number of rotatable bonds is 8. The molecule has 1 unspecified atom stereocenters. The van der Waals surface area contributed by atoms with Crippen molar-refractivity contribution in [2.45, 2.75) is 69.7 Å². The Morgan fingerprint density at radius 1 is 1.22 bits per heavy atom. The maximum Gasteiger partial charge on any atom is 0.306 e. The zero-order valence-electron chi connectivity index (χ0n) is 19.2. The molecule has 3 rings (SSSR count). The molecule has 1 heterocycles. The van der Waals surface area contributed by atoms with E-state index in [9.17, 15) is 14.0 Å². The topological polar surface area (TPSA) is 90.5 Å². The predicted molar refractivity (Wildman–Crippen MR) is 126 cm³/mol. The number of anilines is 1. The first-order chi connectivity index (χ1) is 15.5. The number of piperidine rings is 1. The second kappa shape index (κ2) is 13.9. The third-order valence-electron chi connectivity index (χ3n) is 6.30. The van der Waals surface area contributed by atoms with E-state index in [1.54, 1.807) is 13.1 Å². The van der Waals surface area contributed by atoms with Crippen LogP contribution in [-0.2, 0) is 9.59 Å². The molecular weight excluding hydrogens is 409 g/mol. The maximum absolute atomic E-state index is 14.4. The van der Waals surface area contributed by atoms with Crippen LogP contribution < -0.4 is 16.0 Å². The molecule has 0 spiro atoms. The van der Waals surface area contributed by atoms with Gasteiger partial charge in [0.1, 0.15) is 11.9 Å². The van der Waals surface area contributed by atoms with E-state index < -0.39 is 5.97 Å². The number of carboxylic acid groups (broad SMARTS) is 1. The normalized spacial score (nSPS) is 18.1. The van der Waals surface area contributed by atoms with Gasteiger partial charge in [-0.3, -0.25) is 9.59 Å². The summed E-state index contributed by atoms with van der Waals surface area (Å²) >= 11 is 0. The first kappa shape index (κ1) is 25.8. The number of carbonyl (C=O) groups is 2. The predicted octanol–water partition coefficient (Wildman–Crippen LogP) is 4.44. The van der Waals surface area contributed by atoms with E-state index in [0.717, 1.165) is 63.6 Å². The summed E-state index contributed by atoms with van der Waals surface area (Å²) in [7, 11) is 1.60. The van der Waals surface area contributed by atoms with Crippen molar-refractivity contribution in [2.24, 2.45) is 5.92 Å². The monoisotopic (exact) mass is 447 g/mol. The molecule has 2 aliphatic rings. The number of hydrogen-bond acceptors (Lipinski definition) is 4. The van der Waals surface area contributed by atoms with Crippen molar-refractivity contribution in [1.29, 1.82) is 0 Å². The van der Waals surface area contributed by atoms with Gasteiger partial charge in [0.2, 0.25) is 5.91 Å². The van der Waals surface area contributed by atoms with Gasteiger partial charge in [-0.05, 0) is 75.2 Å². The highest BCUT2D eigenvalue weighted by Crippen LogP contribution is 2.29. The van der Waals surface area contributed by atoms with E-state index in [-0.39, 0.29) is 29.6 Å². The number of carbonyl (C=O) groups excluding carboxylic acids is 1. The van der Waals surface area contributed by atoms with E-state index >= 15 is 0 Å². The molecule has 4 N–H and O–H groups in total. The summed E-state index contributed by atoms with van der Waals surface area (Å²) in [6.07, 6.45) is 10.3. The van der Waals surface area contributed by atoms with E-state index in [2.05, 4.69) is 22.5 Å². The summed E-state index contributed by atoms with van der Waals surface area (Å²) in [5.74, 6) is -0.648. The molecule has 0 bridgehead atoms. The highest BCUT2D eigenvalue weighted by atomic mass is 19.1. The average molecular weight is 448 g/mol. The Morgan fingerprint density at radius 2 is 1.91 bits per heavy atom. The van der Waals surface area contributed by atoms with Crippen molar-refractivity contribution in [1.82, 2.24) is 10.6 Å². The van der Waals surface area contributed by atoms with Crippen molar-refractivity contribution < 1.29 is 19.1 Å². The quantitative estimate of drug-likeness (QED) is 0.443. The van der Waals surface area contributed by atoms with Gasteiger partial charge in [-0.1, -0.05) is 31.4 Å². The number of hydrogen-bond donors (Lipinski definition) is 4. The summed E-state index contributed by atoms with van der Waals surface area (Å²) < 4.78 is 14.4. The summed E-state index contributed by atoms with van der Waals surface area (Å²) in [6.45, 7) is 5.55. The lowest BCUT2D eigenvalue weighted by Crippen LogP contribution is -2.37. The van der Waals surface area contributed by atoms with E-state index in [4.69, 9.17) is 5.11 Å². The van der Waals surface area contributed by atoms with E-state index in [0.29, 0.717) is 12.1 Å². The number of likely N-dealkylation sites (N-methyl/N-ethyl adjacent to an activating group) is 1. The summed E-state index contributed by atoms with van der Waals surface area (Å²) in [5, 5.41) is 17.6. The van der Waals surface area contributed by atoms with Crippen LogP contribution in [0.1, 0.15) is 69.3 Å². The first-order valence-electron chi connectivity index (χ1n) is 11.8. The van der Waals surface area contributed by atoms with Gasteiger partial charge in [0.15, 0.2) is 0 Å². The fraction of sp³-hybridized carbons (Fsp3) is 0.600. The van der Waals surface area contributed by atoms with Crippen molar-refractivity contribution in [2.75, 3.05) is 25.5 Å². The number of benzene rings is 1. The molecule has 1 aromatic rings. The van der Waals surface area contributed by atoms with Gasteiger partial charge in [0.05, 0.1) is 5.92 Å². The second-order valence-corrected chi connectivity index (χ2v) is 8.61. The Morgan fingerprint density at radius 3 is 2.44 bits per heavy atom. The van der Waals surface area contributed by atoms with Crippen molar-refractivity contribution in [3.63, 3.8) is 0 Å². The average Bonchev–Trinajstić information content (AvgIpc) is 2.83. The Labute approximate surface area is 191 Å². The van der Waals surface area contributed by atoms with Crippen molar-refractivity contribution in [3.8, 4) is 0 Å². The molecule has 0 radical (unpaired) electrons. The lowest BCUT2D eigenvalue weighted by molar-refractivity contribution is -0.142. The van der Waals surface area contributed by atoms with Crippen LogP contribution >= 0.6 is 0 Å². The second-order valence-electron chi connectivity index (χ2n) is 8.61. The van der Waals surface area contributed by atoms with Crippen LogP contribution in [0.4, 0.5) is 10.1 Å². The molecule has 32 heavy (non-hydrogen) atoms. The zero-order valence-corrected chi connectivity index (χ0v) is 19.2.